The molecule has 13 heteroatoms. The van der Waals surface area contributed by atoms with Crippen molar-refractivity contribution in [1.29, 1.82) is 0 Å². The number of amides is 1. The molecule has 5 nitrogen and oxygen atoms in total. The summed E-state index contributed by atoms with van der Waals surface area (Å²) in [5.41, 5.74) is -0.563. The normalized spacial score (nSPS) is 16.2. The van der Waals surface area contributed by atoms with Gasteiger partial charge in [0.05, 0.1) is 17.7 Å². The van der Waals surface area contributed by atoms with Gasteiger partial charge >= 0.3 is 12.4 Å². The summed E-state index contributed by atoms with van der Waals surface area (Å²) in [6.07, 6.45) is -9.62. The molecule has 0 radical (unpaired) electrons. The fourth-order valence-corrected chi connectivity index (χ4v) is 4.79. The SMILES string of the molecule is CCOCCNCCN1CCN(C(=O)c2cc(C(F)(F)F)cc(C(F)(F)F)c2)[C@H](Cc2ccc(C)cc2C)C1.Cl.Cl. The zero-order chi connectivity index (χ0) is 28.8. The highest BCUT2D eigenvalue weighted by atomic mass is 35.5. The second-order valence-corrected chi connectivity index (χ2v) is 9.83. The number of hydrogen-bond acceptors (Lipinski definition) is 4. The molecule has 0 aliphatic carbocycles. The maximum absolute atomic E-state index is 13.5. The number of alkyl halides is 6. The fraction of sp³-hybridized carbons (Fsp3) is 0.536. The molecule has 0 bridgehead atoms. The third kappa shape index (κ3) is 10.6. The van der Waals surface area contributed by atoms with Gasteiger partial charge in [0.25, 0.3) is 5.91 Å². The average Bonchev–Trinajstić information content (AvgIpc) is 2.86. The first kappa shape index (κ1) is 37.0. The Kier molecular flexibility index (Phi) is 14.4. The van der Waals surface area contributed by atoms with Crippen LogP contribution in [0, 0.1) is 13.8 Å². The van der Waals surface area contributed by atoms with E-state index in [1.165, 1.54) is 4.90 Å². The van der Waals surface area contributed by atoms with E-state index < -0.39 is 41.0 Å². The summed E-state index contributed by atoms with van der Waals surface area (Å²) in [5, 5.41) is 3.29. The van der Waals surface area contributed by atoms with E-state index in [9.17, 15) is 31.1 Å². The number of nitrogens with zero attached hydrogens (tertiary/aromatic N) is 2. The van der Waals surface area contributed by atoms with Gasteiger partial charge in [0, 0.05) is 57.5 Å². The van der Waals surface area contributed by atoms with Gasteiger partial charge in [-0.2, -0.15) is 26.3 Å². The van der Waals surface area contributed by atoms with E-state index in [0.29, 0.717) is 64.5 Å². The monoisotopic (exact) mass is 631 g/mol. The van der Waals surface area contributed by atoms with Crippen molar-refractivity contribution < 1.29 is 35.9 Å². The predicted molar refractivity (Wildman–Crippen MR) is 151 cm³/mol. The molecule has 1 aliphatic rings. The Morgan fingerprint density at radius 3 is 2.15 bits per heavy atom. The number of halogens is 8. The quantitative estimate of drug-likeness (QED) is 0.251. The summed E-state index contributed by atoms with van der Waals surface area (Å²) in [7, 11) is 0. The number of piperazine rings is 1. The lowest BCUT2D eigenvalue weighted by Gasteiger charge is -2.42. The van der Waals surface area contributed by atoms with Crippen molar-refractivity contribution in [3.05, 3.63) is 69.8 Å². The lowest BCUT2D eigenvalue weighted by atomic mass is 9.96. The first-order valence-electron chi connectivity index (χ1n) is 13.0. The summed E-state index contributed by atoms with van der Waals surface area (Å²) >= 11 is 0. The van der Waals surface area contributed by atoms with Crippen molar-refractivity contribution in [2.24, 2.45) is 0 Å². The van der Waals surface area contributed by atoms with Crippen LogP contribution in [-0.4, -0.2) is 74.2 Å². The summed E-state index contributed by atoms with van der Waals surface area (Å²) < 4.78 is 85.9. The Bertz CT molecular complexity index is 1100. The topological polar surface area (TPSA) is 44.8 Å². The molecule has 3 rings (SSSR count). The number of aryl methyl sites for hydroxylation is 2. The van der Waals surface area contributed by atoms with Crippen molar-refractivity contribution in [1.82, 2.24) is 15.1 Å². The highest BCUT2D eigenvalue weighted by Gasteiger charge is 2.39. The molecule has 2 aromatic carbocycles. The van der Waals surface area contributed by atoms with Crippen LogP contribution < -0.4 is 5.32 Å². The van der Waals surface area contributed by atoms with E-state index in [1.807, 2.05) is 39.0 Å². The molecule has 1 aliphatic heterocycles. The molecule has 232 valence electrons. The average molecular weight is 633 g/mol. The highest BCUT2D eigenvalue weighted by Crippen LogP contribution is 2.37. The number of benzene rings is 2. The number of ether oxygens (including phenoxy) is 1. The van der Waals surface area contributed by atoms with Crippen LogP contribution in [0.1, 0.15) is 45.1 Å². The van der Waals surface area contributed by atoms with Crippen molar-refractivity contribution in [2.75, 3.05) is 52.5 Å². The molecule has 1 fully saturated rings. The molecule has 1 amide bonds. The Labute approximate surface area is 249 Å². The van der Waals surface area contributed by atoms with Crippen LogP contribution in [0.3, 0.4) is 0 Å². The molecule has 1 atom stereocenters. The summed E-state index contributed by atoms with van der Waals surface area (Å²) in [6, 6.07) is 6.54. The molecule has 1 saturated heterocycles. The molecule has 0 saturated carbocycles. The molecular formula is C28H37Cl2F6N3O2. The smallest absolute Gasteiger partial charge is 0.380 e. The van der Waals surface area contributed by atoms with Gasteiger partial charge in [-0.15, -0.1) is 24.8 Å². The second kappa shape index (κ2) is 16.0. The first-order chi connectivity index (χ1) is 18.3. The van der Waals surface area contributed by atoms with Crippen LogP contribution in [0.2, 0.25) is 0 Å². The summed E-state index contributed by atoms with van der Waals surface area (Å²) in [4.78, 5) is 17.1. The Morgan fingerprint density at radius 2 is 1.59 bits per heavy atom. The summed E-state index contributed by atoms with van der Waals surface area (Å²) in [5.74, 6) is -0.837. The van der Waals surface area contributed by atoms with Crippen molar-refractivity contribution >= 4 is 30.7 Å². The zero-order valence-corrected chi connectivity index (χ0v) is 24.8. The lowest BCUT2D eigenvalue weighted by Crippen LogP contribution is -2.57. The van der Waals surface area contributed by atoms with Crippen molar-refractivity contribution in [2.45, 2.75) is 45.6 Å². The molecule has 1 N–H and O–H groups in total. The van der Waals surface area contributed by atoms with Crippen LogP contribution in [-0.2, 0) is 23.5 Å². The number of nitrogens with one attached hydrogen (secondary N) is 1. The minimum atomic E-state index is -5.03. The van der Waals surface area contributed by atoms with Crippen molar-refractivity contribution in [3.63, 3.8) is 0 Å². The third-order valence-corrected chi connectivity index (χ3v) is 6.85. The lowest BCUT2D eigenvalue weighted by molar-refractivity contribution is -0.143. The number of hydrogen-bond donors (Lipinski definition) is 1. The Balaban J connectivity index is 0.00000420. The number of carbonyl (C=O) groups excluding carboxylic acids is 1. The van der Waals surface area contributed by atoms with E-state index in [1.54, 1.807) is 0 Å². The van der Waals surface area contributed by atoms with Gasteiger partial charge in [-0.05, 0) is 56.5 Å². The van der Waals surface area contributed by atoms with E-state index in [4.69, 9.17) is 4.74 Å². The standard InChI is InChI=1S/C28H35F6N3O2.2ClH/c1-4-39-12-8-35-7-9-36-10-11-37(25(18-36)16-21-6-5-19(2)13-20(21)3)26(38)22-14-23(27(29,30)31)17-24(15-22)28(32,33)34;;/h5-6,13-15,17,25,35H,4,7-12,16,18H2,1-3H3;2*1H/t25-;;/m1../s1. The van der Waals surface area contributed by atoms with Gasteiger partial charge in [-0.25, -0.2) is 0 Å². The minimum absolute atomic E-state index is 0. The maximum Gasteiger partial charge on any atom is 0.416 e. The molecule has 41 heavy (non-hydrogen) atoms. The van der Waals surface area contributed by atoms with Gasteiger partial charge in [-0.1, -0.05) is 23.8 Å². The maximum atomic E-state index is 13.5. The van der Waals surface area contributed by atoms with E-state index in [2.05, 4.69) is 10.2 Å². The van der Waals surface area contributed by atoms with Crippen LogP contribution in [0.5, 0.6) is 0 Å². The van der Waals surface area contributed by atoms with Crippen molar-refractivity contribution in [3.8, 4) is 0 Å². The zero-order valence-electron chi connectivity index (χ0n) is 23.2. The summed E-state index contributed by atoms with van der Waals surface area (Å²) in [6.45, 7) is 10.2. The number of rotatable bonds is 10. The van der Waals surface area contributed by atoms with Gasteiger partial charge in [0.15, 0.2) is 0 Å². The van der Waals surface area contributed by atoms with Gasteiger partial charge in [0.1, 0.15) is 0 Å². The molecule has 1 heterocycles. The fourth-order valence-electron chi connectivity index (χ4n) is 4.79. The van der Waals surface area contributed by atoms with Gasteiger partial charge < -0.3 is 15.0 Å². The largest absolute Gasteiger partial charge is 0.416 e. The highest BCUT2D eigenvalue weighted by molar-refractivity contribution is 5.95. The Hall–Kier alpha value is -2.05. The van der Waals surface area contributed by atoms with E-state index in [-0.39, 0.29) is 37.4 Å². The predicted octanol–water partition coefficient (Wildman–Crippen LogP) is 6.18. The Morgan fingerprint density at radius 1 is 0.951 bits per heavy atom. The van der Waals surface area contributed by atoms with Crippen LogP contribution in [0.4, 0.5) is 26.3 Å². The second-order valence-electron chi connectivity index (χ2n) is 9.83. The van der Waals surface area contributed by atoms with E-state index >= 15 is 0 Å². The first-order valence-corrected chi connectivity index (χ1v) is 13.0. The molecular weight excluding hydrogens is 595 g/mol. The van der Waals surface area contributed by atoms with E-state index in [0.717, 1.165) is 16.7 Å². The van der Waals surface area contributed by atoms with Gasteiger partial charge in [-0.3, -0.25) is 9.69 Å². The van der Waals surface area contributed by atoms with Crippen LogP contribution in [0.15, 0.2) is 36.4 Å². The van der Waals surface area contributed by atoms with Gasteiger partial charge in [0.2, 0.25) is 0 Å². The molecule has 2 aromatic rings. The van der Waals surface area contributed by atoms with Crippen LogP contribution >= 0.6 is 24.8 Å². The minimum Gasteiger partial charge on any atom is -0.380 e. The molecule has 0 unspecified atom stereocenters. The number of carbonyl (C=O) groups is 1. The third-order valence-electron chi connectivity index (χ3n) is 6.85. The molecule has 0 spiro atoms. The molecule has 0 aromatic heterocycles. The van der Waals surface area contributed by atoms with Crippen LogP contribution in [0.25, 0.3) is 0 Å².